The van der Waals surface area contributed by atoms with Gasteiger partial charge < -0.3 is 14.6 Å². The van der Waals surface area contributed by atoms with Crippen molar-refractivity contribution in [2.75, 3.05) is 6.61 Å². The molecule has 1 aliphatic carbocycles. The molecule has 136 valence electrons. The van der Waals surface area contributed by atoms with Crippen LogP contribution in [0.2, 0.25) is 0 Å². The first-order chi connectivity index (χ1) is 11.7. The van der Waals surface area contributed by atoms with E-state index in [2.05, 4.69) is 20.8 Å². The van der Waals surface area contributed by atoms with Gasteiger partial charge in [0.05, 0.1) is 12.0 Å². The summed E-state index contributed by atoms with van der Waals surface area (Å²) in [6.45, 7) is 6.39. The molecule has 1 spiro atoms. The Hall–Kier alpha value is -2.04. The molecule has 1 aliphatic heterocycles. The van der Waals surface area contributed by atoms with E-state index < -0.39 is 18.2 Å². The topological polar surface area (TPSA) is 72.8 Å². The third-order valence-corrected chi connectivity index (χ3v) is 5.55. The summed E-state index contributed by atoms with van der Waals surface area (Å²) in [5.74, 6) is 0.637. The number of fused-ring (bicyclic) bond motifs is 1. The van der Waals surface area contributed by atoms with Crippen molar-refractivity contribution in [2.24, 2.45) is 11.3 Å². The molecule has 1 heterocycles. The molecule has 25 heavy (non-hydrogen) atoms. The third kappa shape index (κ3) is 3.80. The van der Waals surface area contributed by atoms with Crippen LogP contribution in [-0.4, -0.2) is 29.1 Å². The number of rotatable bonds is 3. The summed E-state index contributed by atoms with van der Waals surface area (Å²) >= 11 is 0. The second-order valence-corrected chi connectivity index (χ2v) is 8.37. The molecule has 0 saturated heterocycles. The number of aliphatic carboxylic acids is 1. The van der Waals surface area contributed by atoms with E-state index in [1.807, 2.05) is 0 Å². The van der Waals surface area contributed by atoms with Crippen LogP contribution >= 0.6 is 0 Å². The van der Waals surface area contributed by atoms with Crippen LogP contribution < -0.4 is 9.47 Å². The number of benzene rings is 1. The molecule has 5 heteroatoms. The maximum atomic E-state index is 12.6. The van der Waals surface area contributed by atoms with Gasteiger partial charge in [0.15, 0.2) is 12.4 Å². The summed E-state index contributed by atoms with van der Waals surface area (Å²) in [5.41, 5.74) is 0.416. The Kier molecular flexibility index (Phi) is 4.52. The zero-order chi connectivity index (χ0) is 18.2. The van der Waals surface area contributed by atoms with Gasteiger partial charge in [-0.15, -0.1) is 0 Å². The molecule has 0 unspecified atom stereocenters. The Balaban J connectivity index is 1.77. The van der Waals surface area contributed by atoms with Gasteiger partial charge in [0.1, 0.15) is 17.1 Å². The number of hydrogen-bond donors (Lipinski definition) is 1. The molecule has 1 aromatic carbocycles. The predicted molar refractivity (Wildman–Crippen MR) is 93.3 cm³/mol. The van der Waals surface area contributed by atoms with Crippen LogP contribution in [0.3, 0.4) is 0 Å². The molecule has 2 aliphatic rings. The number of carbonyl (C=O) groups excluding carboxylic acids is 1. The molecule has 1 saturated carbocycles. The molecule has 0 bridgehead atoms. The first kappa shape index (κ1) is 17.8. The zero-order valence-electron chi connectivity index (χ0n) is 15.1. The predicted octanol–water partition coefficient (Wildman–Crippen LogP) is 4.09. The highest BCUT2D eigenvalue weighted by molar-refractivity contribution is 6.00. The quantitative estimate of drug-likeness (QED) is 0.892. The second-order valence-electron chi connectivity index (χ2n) is 8.37. The minimum atomic E-state index is -1.04. The highest BCUT2D eigenvalue weighted by Crippen LogP contribution is 2.47. The smallest absolute Gasteiger partial charge is 0.341 e. The summed E-state index contributed by atoms with van der Waals surface area (Å²) in [4.78, 5) is 23.3. The monoisotopic (exact) mass is 346 g/mol. The fourth-order valence-corrected chi connectivity index (χ4v) is 4.00. The number of Topliss-reactive ketones (excluding diaryl/α,β-unsaturated/α-hetero) is 1. The van der Waals surface area contributed by atoms with Crippen LogP contribution in [0.1, 0.15) is 63.2 Å². The van der Waals surface area contributed by atoms with Gasteiger partial charge in [-0.1, -0.05) is 20.8 Å². The highest BCUT2D eigenvalue weighted by atomic mass is 16.5. The Bertz CT molecular complexity index is 678. The molecule has 0 radical (unpaired) electrons. The Morgan fingerprint density at radius 2 is 2.00 bits per heavy atom. The van der Waals surface area contributed by atoms with E-state index in [1.54, 1.807) is 18.2 Å². The normalized spacial score (nSPS) is 26.0. The van der Waals surface area contributed by atoms with E-state index in [1.165, 1.54) is 0 Å². The van der Waals surface area contributed by atoms with E-state index in [9.17, 15) is 9.59 Å². The molecule has 1 aromatic rings. The molecule has 1 N–H and O–H groups in total. The highest BCUT2D eigenvalue weighted by Gasteiger charge is 2.45. The van der Waals surface area contributed by atoms with Crippen molar-refractivity contribution < 1.29 is 24.2 Å². The van der Waals surface area contributed by atoms with Gasteiger partial charge in [0.2, 0.25) is 0 Å². The summed E-state index contributed by atoms with van der Waals surface area (Å²) in [5, 5.41) is 8.73. The second kappa shape index (κ2) is 6.36. The fraction of sp³-hybridized carbons (Fsp3) is 0.600. The Morgan fingerprint density at radius 1 is 1.32 bits per heavy atom. The van der Waals surface area contributed by atoms with Crippen molar-refractivity contribution in [2.45, 2.75) is 58.5 Å². The number of carboxylic acids is 1. The Labute approximate surface area is 148 Å². The fourth-order valence-electron chi connectivity index (χ4n) is 4.00. The van der Waals surface area contributed by atoms with Crippen molar-refractivity contribution in [3.8, 4) is 11.5 Å². The van der Waals surface area contributed by atoms with Crippen LogP contribution in [0, 0.1) is 11.3 Å². The lowest BCUT2D eigenvalue weighted by Crippen LogP contribution is -2.46. The van der Waals surface area contributed by atoms with Gasteiger partial charge in [-0.3, -0.25) is 4.79 Å². The SMILES string of the molecule is CC(C)(C)C1CCC2(CC1)CC(=O)c1ccc(OCC(=O)O)cc1O2. The van der Waals surface area contributed by atoms with E-state index in [4.69, 9.17) is 14.6 Å². The average Bonchev–Trinajstić information content (AvgIpc) is 2.52. The third-order valence-electron chi connectivity index (χ3n) is 5.55. The maximum Gasteiger partial charge on any atom is 0.341 e. The Morgan fingerprint density at radius 3 is 2.60 bits per heavy atom. The summed E-state index contributed by atoms with van der Waals surface area (Å²) in [6.07, 6.45) is 4.29. The number of hydrogen-bond acceptors (Lipinski definition) is 4. The van der Waals surface area contributed by atoms with Crippen LogP contribution in [0.5, 0.6) is 11.5 Å². The number of carboxylic acid groups (broad SMARTS) is 1. The number of ether oxygens (including phenoxy) is 2. The number of carbonyl (C=O) groups is 2. The number of ketones is 1. The van der Waals surface area contributed by atoms with Crippen LogP contribution in [0.15, 0.2) is 18.2 Å². The first-order valence-electron chi connectivity index (χ1n) is 8.89. The van der Waals surface area contributed by atoms with Crippen molar-refractivity contribution in [3.05, 3.63) is 23.8 Å². The lowest BCUT2D eigenvalue weighted by molar-refractivity contribution is -0.139. The van der Waals surface area contributed by atoms with E-state index >= 15 is 0 Å². The zero-order valence-corrected chi connectivity index (χ0v) is 15.1. The van der Waals surface area contributed by atoms with Crippen molar-refractivity contribution in [1.82, 2.24) is 0 Å². The molecule has 1 fully saturated rings. The van der Waals surface area contributed by atoms with Crippen LogP contribution in [0.25, 0.3) is 0 Å². The summed E-state index contributed by atoms with van der Waals surface area (Å²) < 4.78 is 11.5. The van der Waals surface area contributed by atoms with Gasteiger partial charge in [-0.25, -0.2) is 4.79 Å². The molecule has 5 nitrogen and oxygen atoms in total. The lowest BCUT2D eigenvalue weighted by Gasteiger charge is -2.45. The average molecular weight is 346 g/mol. The van der Waals surface area contributed by atoms with Crippen molar-refractivity contribution in [1.29, 1.82) is 0 Å². The molecular weight excluding hydrogens is 320 g/mol. The molecule has 0 aromatic heterocycles. The lowest BCUT2D eigenvalue weighted by atomic mass is 9.66. The van der Waals surface area contributed by atoms with Gasteiger partial charge in [0.25, 0.3) is 0 Å². The van der Waals surface area contributed by atoms with Gasteiger partial charge >= 0.3 is 5.97 Å². The molecule has 0 amide bonds. The molecular formula is C20H26O5. The van der Waals surface area contributed by atoms with Crippen LogP contribution in [-0.2, 0) is 4.79 Å². The molecule has 0 atom stereocenters. The summed E-state index contributed by atoms with van der Waals surface area (Å²) in [7, 11) is 0. The largest absolute Gasteiger partial charge is 0.486 e. The van der Waals surface area contributed by atoms with Crippen LogP contribution in [0.4, 0.5) is 0 Å². The maximum absolute atomic E-state index is 12.6. The summed E-state index contributed by atoms with van der Waals surface area (Å²) in [6, 6.07) is 4.94. The van der Waals surface area contributed by atoms with E-state index in [0.717, 1.165) is 25.7 Å². The van der Waals surface area contributed by atoms with Gasteiger partial charge in [0, 0.05) is 6.07 Å². The standard InChI is InChI=1S/C20H26O5/c1-19(2,3)13-6-8-20(9-7-13)11-16(21)15-5-4-14(10-17(15)25-20)24-12-18(22)23/h4-5,10,13H,6-9,11-12H2,1-3H3,(H,22,23). The van der Waals surface area contributed by atoms with Crippen molar-refractivity contribution >= 4 is 11.8 Å². The molecule has 3 rings (SSSR count). The first-order valence-corrected chi connectivity index (χ1v) is 8.89. The van der Waals surface area contributed by atoms with E-state index in [-0.39, 0.29) is 11.2 Å². The van der Waals surface area contributed by atoms with E-state index in [0.29, 0.717) is 29.4 Å². The van der Waals surface area contributed by atoms with Crippen molar-refractivity contribution in [3.63, 3.8) is 0 Å². The van der Waals surface area contributed by atoms with Gasteiger partial charge in [-0.05, 0) is 49.1 Å². The minimum Gasteiger partial charge on any atom is -0.486 e. The minimum absolute atomic E-state index is 0.0974. The van der Waals surface area contributed by atoms with Gasteiger partial charge in [-0.2, -0.15) is 0 Å².